The molecule has 0 amide bonds. The van der Waals surface area contributed by atoms with E-state index in [9.17, 15) is 29.4 Å². The molecule has 4 aliphatic carbocycles. The maximum Gasteiger partial charge on any atom is 0.306 e. The predicted octanol–water partition coefficient (Wildman–Crippen LogP) is 4.05. The number of rotatable bonds is 5. The lowest BCUT2D eigenvalue weighted by atomic mass is 9.42. The zero-order valence-corrected chi connectivity index (χ0v) is 23.2. The van der Waals surface area contributed by atoms with Gasteiger partial charge in [0.1, 0.15) is 5.78 Å². The fraction of sp³-hybridized carbons (Fsp3) is 0.733. The summed E-state index contributed by atoms with van der Waals surface area (Å²) in [5.41, 5.74) is -0.772. The first-order chi connectivity index (χ1) is 16.9. The summed E-state index contributed by atoms with van der Waals surface area (Å²) in [6.07, 6.45) is 1.46. The van der Waals surface area contributed by atoms with Crippen LogP contribution in [-0.2, 0) is 19.2 Å². The van der Waals surface area contributed by atoms with Gasteiger partial charge in [-0.3, -0.25) is 19.2 Å². The van der Waals surface area contributed by atoms with Crippen LogP contribution in [0.15, 0.2) is 22.8 Å². The van der Waals surface area contributed by atoms with Crippen LogP contribution in [0.5, 0.6) is 0 Å². The second kappa shape index (κ2) is 8.70. The van der Waals surface area contributed by atoms with Crippen LogP contribution in [0, 0.1) is 39.4 Å². The van der Waals surface area contributed by atoms with Crippen molar-refractivity contribution >= 4 is 23.3 Å². The summed E-state index contributed by atoms with van der Waals surface area (Å²) in [7, 11) is 0. The third kappa shape index (κ3) is 3.67. The number of aliphatic carboxylic acids is 1. The Morgan fingerprint density at radius 3 is 2.27 bits per heavy atom. The maximum absolute atomic E-state index is 13.9. The third-order valence-corrected chi connectivity index (χ3v) is 11.3. The van der Waals surface area contributed by atoms with Crippen molar-refractivity contribution in [1.29, 1.82) is 0 Å². The minimum Gasteiger partial charge on any atom is -0.481 e. The van der Waals surface area contributed by atoms with Crippen molar-refractivity contribution in [3.05, 3.63) is 22.8 Å². The van der Waals surface area contributed by atoms with Crippen LogP contribution in [0.2, 0.25) is 0 Å². The van der Waals surface area contributed by atoms with Crippen molar-refractivity contribution in [3.63, 3.8) is 0 Å². The summed E-state index contributed by atoms with van der Waals surface area (Å²) < 4.78 is 0. The Kier molecular flexibility index (Phi) is 6.56. The van der Waals surface area contributed by atoms with E-state index in [4.69, 9.17) is 5.11 Å². The van der Waals surface area contributed by atoms with Crippen molar-refractivity contribution in [2.24, 2.45) is 39.4 Å². The molecule has 204 valence electrons. The summed E-state index contributed by atoms with van der Waals surface area (Å²) in [6, 6.07) is 0. The Morgan fingerprint density at radius 1 is 1.05 bits per heavy atom. The molecule has 7 heteroatoms. The van der Waals surface area contributed by atoms with Gasteiger partial charge in [0.25, 0.3) is 0 Å². The molecule has 0 saturated heterocycles. The summed E-state index contributed by atoms with van der Waals surface area (Å²) in [5.74, 6) is -2.54. The van der Waals surface area contributed by atoms with Crippen molar-refractivity contribution in [2.75, 3.05) is 0 Å². The molecule has 37 heavy (non-hydrogen) atoms. The van der Waals surface area contributed by atoms with Gasteiger partial charge in [-0.15, -0.1) is 0 Å². The van der Waals surface area contributed by atoms with Crippen LogP contribution in [-0.4, -0.2) is 50.8 Å². The molecule has 7 nitrogen and oxygen atoms in total. The number of carboxylic acids is 1. The van der Waals surface area contributed by atoms with Crippen LogP contribution in [0.3, 0.4) is 0 Å². The Balaban J connectivity index is 1.80. The van der Waals surface area contributed by atoms with Crippen LogP contribution in [0.4, 0.5) is 0 Å². The second-order valence-electron chi connectivity index (χ2n) is 13.4. The molecule has 2 fully saturated rings. The number of carbonyl (C=O) groups is 4. The monoisotopic (exact) mass is 514 g/mol. The van der Waals surface area contributed by atoms with Crippen molar-refractivity contribution in [2.45, 2.75) is 99.2 Å². The van der Waals surface area contributed by atoms with Crippen LogP contribution >= 0.6 is 0 Å². The van der Waals surface area contributed by atoms with Gasteiger partial charge in [-0.25, -0.2) is 0 Å². The number of hydrogen-bond donors (Lipinski definition) is 3. The molecule has 0 radical (unpaired) electrons. The molecule has 4 aliphatic rings. The third-order valence-electron chi connectivity index (χ3n) is 11.3. The average Bonchev–Trinajstić information content (AvgIpc) is 3.01. The minimum atomic E-state index is -1.03. The highest BCUT2D eigenvalue weighted by Gasteiger charge is 2.70. The predicted molar refractivity (Wildman–Crippen MR) is 137 cm³/mol. The lowest BCUT2D eigenvalue weighted by Crippen LogP contribution is -2.61. The Morgan fingerprint density at radius 2 is 1.68 bits per heavy atom. The van der Waals surface area contributed by atoms with Crippen LogP contribution in [0.1, 0.15) is 87.0 Å². The Bertz CT molecular complexity index is 1130. The Hall–Kier alpha value is -2.12. The highest BCUT2D eigenvalue weighted by Crippen LogP contribution is 2.71. The summed E-state index contributed by atoms with van der Waals surface area (Å²) in [4.78, 5) is 50.6. The summed E-state index contributed by atoms with van der Waals surface area (Å²) in [5, 5.41) is 32.5. The van der Waals surface area contributed by atoms with Crippen molar-refractivity contribution in [1.82, 2.24) is 0 Å². The topological polar surface area (TPSA) is 129 Å². The van der Waals surface area contributed by atoms with Crippen LogP contribution < -0.4 is 0 Å². The largest absolute Gasteiger partial charge is 0.481 e. The highest BCUT2D eigenvalue weighted by molar-refractivity contribution is 6.01. The fourth-order valence-electron chi connectivity index (χ4n) is 8.69. The number of allylic oxidation sites excluding steroid dienone is 2. The highest BCUT2D eigenvalue weighted by atomic mass is 16.4. The molecule has 0 aromatic carbocycles. The lowest BCUT2D eigenvalue weighted by Gasteiger charge is -2.61. The fourth-order valence-corrected chi connectivity index (χ4v) is 8.69. The molecule has 0 aromatic heterocycles. The van der Waals surface area contributed by atoms with Gasteiger partial charge in [0.2, 0.25) is 0 Å². The number of Topliss-reactive ketones (excluding diaryl/α,β-unsaturated/α-hetero) is 2. The quantitative estimate of drug-likeness (QED) is 0.472. The van der Waals surface area contributed by atoms with E-state index < -0.39 is 45.8 Å². The van der Waals surface area contributed by atoms with E-state index in [1.54, 1.807) is 6.92 Å². The molecule has 8 unspecified atom stereocenters. The summed E-state index contributed by atoms with van der Waals surface area (Å²) in [6.45, 7) is 13.1. The standard InChI is InChI=1S/C30H42O7/c1-15(10-17(31)11-16(2)26(36)37)18-12-24(35)30(7)25-19(13-23(34)29(18,30)6)28(5)9-8-22(33)27(3,4)21(28)14-20(25)32/h10,16,18,21,23-24,34-35H,8-9,11-14H2,1-7H3,(H,36,37). The van der Waals surface area contributed by atoms with E-state index in [0.29, 0.717) is 36.8 Å². The molecule has 0 aromatic rings. The number of ketones is 3. The average molecular weight is 515 g/mol. The van der Waals surface area contributed by atoms with Crippen LogP contribution in [0.25, 0.3) is 0 Å². The minimum absolute atomic E-state index is 0.0476. The smallest absolute Gasteiger partial charge is 0.306 e. The van der Waals surface area contributed by atoms with E-state index in [2.05, 4.69) is 6.92 Å². The molecule has 8 atom stereocenters. The maximum atomic E-state index is 13.9. The molecule has 4 rings (SSSR count). The number of aliphatic hydroxyl groups is 2. The lowest BCUT2D eigenvalue weighted by molar-refractivity contribution is -0.146. The Labute approximate surface area is 219 Å². The summed E-state index contributed by atoms with van der Waals surface area (Å²) >= 11 is 0. The molecular formula is C30H42O7. The zero-order valence-electron chi connectivity index (χ0n) is 23.2. The molecule has 3 N–H and O–H groups in total. The molecular weight excluding hydrogens is 472 g/mol. The number of carbonyl (C=O) groups excluding carboxylic acids is 3. The van der Waals surface area contributed by atoms with E-state index >= 15 is 0 Å². The molecule has 0 bridgehead atoms. The van der Waals surface area contributed by atoms with Gasteiger partial charge in [0.15, 0.2) is 11.6 Å². The van der Waals surface area contributed by atoms with Gasteiger partial charge in [-0.2, -0.15) is 0 Å². The second-order valence-corrected chi connectivity index (χ2v) is 13.4. The van der Waals surface area contributed by atoms with E-state index in [-0.39, 0.29) is 42.0 Å². The van der Waals surface area contributed by atoms with E-state index in [0.717, 1.165) is 5.57 Å². The first-order valence-electron chi connectivity index (χ1n) is 13.5. The number of fused-ring (bicyclic) bond motifs is 4. The van der Waals surface area contributed by atoms with Crippen molar-refractivity contribution in [3.8, 4) is 0 Å². The van der Waals surface area contributed by atoms with Gasteiger partial charge in [-0.05, 0) is 49.5 Å². The zero-order chi connectivity index (χ0) is 27.9. The van der Waals surface area contributed by atoms with Gasteiger partial charge >= 0.3 is 5.97 Å². The van der Waals surface area contributed by atoms with E-state index in [1.807, 2.05) is 27.7 Å². The first kappa shape index (κ1) is 27.9. The van der Waals surface area contributed by atoms with Gasteiger partial charge in [0, 0.05) is 41.1 Å². The molecule has 0 aliphatic heterocycles. The van der Waals surface area contributed by atoms with Gasteiger partial charge < -0.3 is 15.3 Å². The molecule has 0 spiro atoms. The van der Waals surface area contributed by atoms with E-state index in [1.165, 1.54) is 13.0 Å². The number of hydrogen-bond acceptors (Lipinski definition) is 6. The number of carboxylic acid groups (broad SMARTS) is 1. The molecule has 0 heterocycles. The van der Waals surface area contributed by atoms with Gasteiger partial charge in [0.05, 0.1) is 18.1 Å². The first-order valence-corrected chi connectivity index (χ1v) is 13.5. The normalized spacial score (nSPS) is 42.1. The van der Waals surface area contributed by atoms with Gasteiger partial charge in [-0.1, -0.05) is 52.7 Å². The molecule has 2 saturated carbocycles. The van der Waals surface area contributed by atoms with Crippen molar-refractivity contribution < 1.29 is 34.5 Å². The SMILES string of the molecule is CC(=CC(=O)CC(C)C(=O)O)C1CC(O)C2(C)C3=C(CC(O)C12C)C1(C)CCC(=O)C(C)(C)C1CC3=O. The number of aliphatic hydroxyl groups excluding tert-OH is 2.